The Morgan fingerprint density at radius 1 is 1.00 bits per heavy atom. The molecule has 4 nitrogen and oxygen atoms in total. The van der Waals surface area contributed by atoms with Gasteiger partial charge in [-0.25, -0.2) is 0 Å². The van der Waals surface area contributed by atoms with Crippen molar-refractivity contribution in [2.45, 2.75) is 6.42 Å². The van der Waals surface area contributed by atoms with Gasteiger partial charge in [0.25, 0.3) is 0 Å². The molecule has 0 N–H and O–H groups in total. The zero-order chi connectivity index (χ0) is 13.4. The number of hydrogen-bond donors (Lipinski definition) is 0. The van der Waals surface area contributed by atoms with E-state index in [1.807, 2.05) is 11.8 Å². The Bertz CT molecular complexity index is 343. The molecule has 0 amide bonds. The molecule has 0 fully saturated rings. The molecule has 0 spiro atoms. The number of hydrogen-bond acceptors (Lipinski definition) is 5. The van der Waals surface area contributed by atoms with E-state index < -0.39 is 0 Å². The van der Waals surface area contributed by atoms with Gasteiger partial charge in [-0.1, -0.05) is 0 Å². The third kappa shape index (κ3) is 3.91. The first-order chi connectivity index (χ1) is 8.76. The molecule has 0 aliphatic rings. The van der Waals surface area contributed by atoms with E-state index in [1.54, 1.807) is 33.5 Å². The van der Waals surface area contributed by atoms with E-state index in [4.69, 9.17) is 18.9 Å². The second-order valence-corrected chi connectivity index (χ2v) is 4.54. The average Bonchev–Trinajstić information content (AvgIpc) is 2.42. The quantitative estimate of drug-likeness (QED) is 0.680. The van der Waals surface area contributed by atoms with Crippen molar-refractivity contribution < 1.29 is 18.9 Å². The second kappa shape index (κ2) is 7.97. The topological polar surface area (TPSA) is 36.9 Å². The van der Waals surface area contributed by atoms with Crippen LogP contribution in [0.25, 0.3) is 0 Å². The van der Waals surface area contributed by atoms with Crippen LogP contribution in [-0.4, -0.2) is 39.9 Å². The maximum absolute atomic E-state index is 5.66. The molecule has 0 aliphatic carbocycles. The van der Waals surface area contributed by atoms with Gasteiger partial charge in [-0.2, -0.15) is 11.8 Å². The maximum atomic E-state index is 5.66. The van der Waals surface area contributed by atoms with Crippen LogP contribution in [0.1, 0.15) is 6.42 Å². The molecule has 0 saturated carbocycles. The highest BCUT2D eigenvalue weighted by atomic mass is 32.2. The van der Waals surface area contributed by atoms with Crippen molar-refractivity contribution >= 4 is 11.8 Å². The second-order valence-electron chi connectivity index (χ2n) is 3.56. The van der Waals surface area contributed by atoms with Gasteiger partial charge in [-0.3, -0.25) is 0 Å². The van der Waals surface area contributed by atoms with Gasteiger partial charge in [-0.15, -0.1) is 0 Å². The van der Waals surface area contributed by atoms with Crippen molar-refractivity contribution in [2.75, 3.05) is 39.9 Å². The van der Waals surface area contributed by atoms with Crippen LogP contribution < -0.4 is 18.9 Å². The fourth-order valence-electron chi connectivity index (χ4n) is 1.53. The van der Waals surface area contributed by atoms with Crippen molar-refractivity contribution in [1.29, 1.82) is 0 Å². The van der Waals surface area contributed by atoms with Crippen molar-refractivity contribution in [3.8, 4) is 23.0 Å². The Labute approximate surface area is 113 Å². The number of benzene rings is 1. The van der Waals surface area contributed by atoms with Crippen LogP contribution in [0.5, 0.6) is 23.0 Å². The SMILES string of the molecule is COc1cc(OCCCSC)cc(OC)c1OC. The number of thioether (sulfide) groups is 1. The van der Waals surface area contributed by atoms with Gasteiger partial charge in [0.1, 0.15) is 5.75 Å². The first kappa shape index (κ1) is 14.8. The van der Waals surface area contributed by atoms with E-state index in [9.17, 15) is 0 Å². The van der Waals surface area contributed by atoms with Gasteiger partial charge in [0.05, 0.1) is 27.9 Å². The Balaban J connectivity index is 2.80. The monoisotopic (exact) mass is 272 g/mol. The number of methoxy groups -OCH3 is 3. The zero-order valence-corrected chi connectivity index (χ0v) is 12.1. The van der Waals surface area contributed by atoms with Crippen LogP contribution in [-0.2, 0) is 0 Å². The van der Waals surface area contributed by atoms with Gasteiger partial charge < -0.3 is 18.9 Å². The van der Waals surface area contributed by atoms with E-state index in [-0.39, 0.29) is 0 Å². The molecular formula is C13H20O4S. The Morgan fingerprint density at radius 2 is 1.61 bits per heavy atom. The molecule has 0 unspecified atom stereocenters. The van der Waals surface area contributed by atoms with E-state index in [0.717, 1.165) is 17.9 Å². The summed E-state index contributed by atoms with van der Waals surface area (Å²) in [5.41, 5.74) is 0. The molecule has 5 heteroatoms. The first-order valence-corrected chi connectivity index (χ1v) is 7.08. The van der Waals surface area contributed by atoms with Crippen LogP contribution >= 0.6 is 11.8 Å². The van der Waals surface area contributed by atoms with Crippen LogP contribution in [0.4, 0.5) is 0 Å². The fourth-order valence-corrected chi connectivity index (χ4v) is 1.94. The maximum Gasteiger partial charge on any atom is 0.203 e. The molecule has 0 heterocycles. The minimum absolute atomic E-state index is 0.580. The smallest absolute Gasteiger partial charge is 0.203 e. The highest BCUT2D eigenvalue weighted by molar-refractivity contribution is 7.98. The molecule has 0 atom stereocenters. The summed E-state index contributed by atoms with van der Waals surface area (Å²) >= 11 is 1.81. The van der Waals surface area contributed by atoms with Gasteiger partial charge in [0, 0.05) is 12.1 Å². The van der Waals surface area contributed by atoms with Gasteiger partial charge in [0.2, 0.25) is 5.75 Å². The molecule has 0 saturated heterocycles. The van der Waals surface area contributed by atoms with Gasteiger partial charge in [0.15, 0.2) is 11.5 Å². The third-order valence-corrected chi connectivity index (χ3v) is 3.10. The van der Waals surface area contributed by atoms with Crippen molar-refractivity contribution in [3.63, 3.8) is 0 Å². The molecule has 0 aromatic heterocycles. The molecule has 1 rings (SSSR count). The minimum atomic E-state index is 0.580. The fraction of sp³-hybridized carbons (Fsp3) is 0.538. The van der Waals surface area contributed by atoms with Gasteiger partial charge >= 0.3 is 0 Å². The predicted octanol–water partition coefficient (Wildman–Crippen LogP) is 2.84. The molecule has 1 aromatic rings. The summed E-state index contributed by atoms with van der Waals surface area (Å²) in [7, 11) is 4.77. The molecule has 0 radical (unpaired) electrons. The summed E-state index contributed by atoms with van der Waals surface area (Å²) in [6.45, 7) is 0.680. The summed E-state index contributed by atoms with van der Waals surface area (Å²) in [6.07, 6.45) is 3.09. The van der Waals surface area contributed by atoms with E-state index in [2.05, 4.69) is 6.26 Å². The molecule has 18 heavy (non-hydrogen) atoms. The van der Waals surface area contributed by atoms with E-state index in [1.165, 1.54) is 0 Å². The summed E-state index contributed by atoms with van der Waals surface area (Å²) in [5.74, 6) is 3.61. The minimum Gasteiger partial charge on any atom is -0.493 e. The average molecular weight is 272 g/mol. The summed E-state index contributed by atoms with van der Waals surface area (Å²) in [5, 5.41) is 0. The Morgan fingerprint density at radius 3 is 2.06 bits per heavy atom. The summed E-state index contributed by atoms with van der Waals surface area (Å²) in [4.78, 5) is 0. The molecule has 0 aliphatic heterocycles. The lowest BCUT2D eigenvalue weighted by atomic mass is 10.2. The van der Waals surface area contributed by atoms with Crippen LogP contribution in [0.2, 0.25) is 0 Å². The summed E-state index contributed by atoms with van der Waals surface area (Å²) < 4.78 is 21.4. The van der Waals surface area contributed by atoms with Crippen molar-refractivity contribution in [1.82, 2.24) is 0 Å². The Kier molecular flexibility index (Phi) is 6.57. The molecule has 102 valence electrons. The van der Waals surface area contributed by atoms with Crippen LogP contribution in [0, 0.1) is 0 Å². The van der Waals surface area contributed by atoms with E-state index >= 15 is 0 Å². The lowest BCUT2D eigenvalue weighted by Gasteiger charge is -2.14. The highest BCUT2D eigenvalue weighted by Gasteiger charge is 2.13. The van der Waals surface area contributed by atoms with Crippen molar-refractivity contribution in [3.05, 3.63) is 12.1 Å². The normalized spacial score (nSPS) is 10.0. The van der Waals surface area contributed by atoms with Crippen LogP contribution in [0.3, 0.4) is 0 Å². The highest BCUT2D eigenvalue weighted by Crippen LogP contribution is 2.40. The number of rotatable bonds is 8. The largest absolute Gasteiger partial charge is 0.493 e. The van der Waals surface area contributed by atoms with E-state index in [0.29, 0.717) is 23.9 Å². The third-order valence-electron chi connectivity index (χ3n) is 2.40. The molecule has 1 aromatic carbocycles. The predicted molar refractivity (Wildman–Crippen MR) is 74.6 cm³/mol. The zero-order valence-electron chi connectivity index (χ0n) is 11.3. The lowest BCUT2D eigenvalue weighted by molar-refractivity contribution is 0.299. The molecular weight excluding hydrogens is 252 g/mol. The Hall–Kier alpha value is -1.23. The first-order valence-electron chi connectivity index (χ1n) is 5.68. The lowest BCUT2D eigenvalue weighted by Crippen LogP contribution is -2.01. The number of ether oxygens (including phenoxy) is 4. The van der Waals surface area contributed by atoms with Gasteiger partial charge in [-0.05, 0) is 18.4 Å². The van der Waals surface area contributed by atoms with Crippen LogP contribution in [0.15, 0.2) is 12.1 Å². The van der Waals surface area contributed by atoms with Crippen molar-refractivity contribution in [2.24, 2.45) is 0 Å². The standard InChI is InChI=1S/C13H20O4S/c1-14-11-8-10(17-6-5-7-18-4)9-12(15-2)13(11)16-3/h8-9H,5-7H2,1-4H3. The summed E-state index contributed by atoms with van der Waals surface area (Å²) in [6, 6.07) is 3.61. The molecule has 0 bridgehead atoms.